The van der Waals surface area contributed by atoms with Gasteiger partial charge in [-0.05, 0) is 12.5 Å². The number of aliphatic hydroxyl groups is 1. The van der Waals surface area contributed by atoms with Crippen LogP contribution in [0.25, 0.3) is 0 Å². The molecule has 2 nitrogen and oxygen atoms in total. The van der Waals surface area contributed by atoms with E-state index in [2.05, 4.69) is 6.92 Å². The van der Waals surface area contributed by atoms with Gasteiger partial charge in [0, 0.05) is 28.1 Å². The van der Waals surface area contributed by atoms with Crippen LogP contribution in [0.1, 0.15) is 25.0 Å². The van der Waals surface area contributed by atoms with Crippen molar-refractivity contribution in [2.24, 2.45) is 0 Å². The van der Waals surface area contributed by atoms with E-state index in [-0.39, 0.29) is 5.25 Å². The lowest BCUT2D eigenvalue weighted by Crippen LogP contribution is -2.22. The van der Waals surface area contributed by atoms with Crippen molar-refractivity contribution in [1.29, 1.82) is 0 Å². The third-order valence-electron chi connectivity index (χ3n) is 2.89. The molecule has 2 rings (SSSR count). The quantitative estimate of drug-likeness (QED) is 0.898. The molecule has 1 saturated heterocycles. The summed E-state index contributed by atoms with van der Waals surface area (Å²) in [4.78, 5) is 0. The molecule has 2 atom stereocenters. The minimum atomic E-state index is -0.421. The summed E-state index contributed by atoms with van der Waals surface area (Å²) in [5, 5.41) is 10.8. The van der Waals surface area contributed by atoms with Crippen LogP contribution in [-0.4, -0.2) is 34.2 Å². The second-order valence-electron chi connectivity index (χ2n) is 4.32. The van der Waals surface area contributed by atoms with Crippen LogP contribution in [0.5, 0.6) is 5.75 Å². The third-order valence-corrected chi connectivity index (χ3v) is 5.74. The highest BCUT2D eigenvalue weighted by molar-refractivity contribution is 8.06. The molecule has 1 heterocycles. The van der Waals surface area contributed by atoms with E-state index in [9.17, 15) is 5.11 Å². The molecule has 1 aliphatic rings. The number of hydrogen-bond acceptors (Lipinski definition) is 4. The smallest absolute Gasteiger partial charge is 0.125 e. The molecule has 0 radical (unpaired) electrons. The summed E-state index contributed by atoms with van der Waals surface area (Å²) in [6, 6.07) is 7.87. The molecule has 100 valence electrons. The number of hydrogen-bond donors (Lipinski definition) is 1. The Hall–Kier alpha value is -0.320. The van der Waals surface area contributed by atoms with Gasteiger partial charge in [0.15, 0.2) is 0 Å². The Bertz CT molecular complexity index is 365. The van der Waals surface area contributed by atoms with Gasteiger partial charge in [0.2, 0.25) is 0 Å². The Labute approximate surface area is 117 Å². The molecule has 1 aromatic rings. The minimum Gasteiger partial charge on any atom is -0.493 e. The summed E-state index contributed by atoms with van der Waals surface area (Å²) in [5.74, 6) is 4.18. The topological polar surface area (TPSA) is 29.5 Å². The van der Waals surface area contributed by atoms with E-state index < -0.39 is 6.10 Å². The van der Waals surface area contributed by atoms with E-state index in [0.717, 1.165) is 29.2 Å². The molecule has 0 amide bonds. The molecule has 0 aromatic heterocycles. The van der Waals surface area contributed by atoms with Crippen LogP contribution in [0.4, 0.5) is 0 Å². The first-order valence-electron chi connectivity index (χ1n) is 6.42. The third kappa shape index (κ3) is 3.59. The second-order valence-corrected chi connectivity index (χ2v) is 6.81. The lowest BCUT2D eigenvalue weighted by atomic mass is 10.1. The lowest BCUT2D eigenvalue weighted by Gasteiger charge is -2.27. The minimum absolute atomic E-state index is 0.287. The summed E-state index contributed by atoms with van der Waals surface area (Å²) in [5.41, 5.74) is 0.936. The molecule has 18 heavy (non-hydrogen) atoms. The first kappa shape index (κ1) is 14.1. The fraction of sp³-hybridized carbons (Fsp3) is 0.571. The van der Waals surface area contributed by atoms with Crippen molar-refractivity contribution in [2.75, 3.05) is 23.9 Å². The van der Waals surface area contributed by atoms with Crippen molar-refractivity contribution in [3.63, 3.8) is 0 Å². The Kier molecular flexibility index (Phi) is 5.73. The van der Waals surface area contributed by atoms with E-state index in [1.54, 1.807) is 0 Å². The van der Waals surface area contributed by atoms with E-state index in [1.165, 1.54) is 5.75 Å². The Balaban J connectivity index is 2.10. The standard InChI is InChI=1S/C14H20O2S2/c1-2-7-16-12-6-4-3-5-11(12)14(15)13-10-17-8-9-18-13/h3-6,13-15H,2,7-10H2,1H3. The van der Waals surface area contributed by atoms with Crippen LogP contribution >= 0.6 is 23.5 Å². The molecule has 0 bridgehead atoms. The van der Waals surface area contributed by atoms with Crippen LogP contribution in [0, 0.1) is 0 Å². The second kappa shape index (κ2) is 7.31. The fourth-order valence-corrected chi connectivity index (χ4v) is 4.70. The zero-order valence-corrected chi connectivity index (χ0v) is 12.3. The van der Waals surface area contributed by atoms with Gasteiger partial charge in [0.05, 0.1) is 12.7 Å². The molecule has 4 heteroatoms. The highest BCUT2D eigenvalue weighted by atomic mass is 32.2. The van der Waals surface area contributed by atoms with E-state index in [4.69, 9.17) is 4.74 Å². The number of ether oxygens (including phenoxy) is 1. The van der Waals surface area contributed by atoms with Crippen molar-refractivity contribution in [2.45, 2.75) is 24.7 Å². The molecule has 0 aliphatic carbocycles. The zero-order chi connectivity index (χ0) is 12.8. The number of rotatable bonds is 5. The Morgan fingerprint density at radius 1 is 1.39 bits per heavy atom. The molecule has 0 spiro atoms. The van der Waals surface area contributed by atoms with Crippen LogP contribution in [0.3, 0.4) is 0 Å². The van der Waals surface area contributed by atoms with Crippen molar-refractivity contribution in [3.8, 4) is 5.75 Å². The number of thioether (sulfide) groups is 2. The van der Waals surface area contributed by atoms with E-state index >= 15 is 0 Å². The van der Waals surface area contributed by atoms with Crippen molar-refractivity contribution in [3.05, 3.63) is 29.8 Å². The van der Waals surface area contributed by atoms with Crippen LogP contribution in [0.15, 0.2) is 24.3 Å². The molecule has 1 aromatic carbocycles. The van der Waals surface area contributed by atoms with Crippen molar-refractivity contribution >= 4 is 23.5 Å². The molecular formula is C14H20O2S2. The summed E-state index contributed by atoms with van der Waals surface area (Å²) in [6.07, 6.45) is 0.564. The number of aliphatic hydroxyl groups excluding tert-OH is 1. The number of para-hydroxylation sites is 1. The molecule has 1 N–H and O–H groups in total. The normalized spacial score (nSPS) is 21.6. The van der Waals surface area contributed by atoms with Gasteiger partial charge in [0.1, 0.15) is 5.75 Å². The van der Waals surface area contributed by atoms with Gasteiger partial charge in [-0.3, -0.25) is 0 Å². The van der Waals surface area contributed by atoms with E-state index in [0.29, 0.717) is 6.61 Å². The highest BCUT2D eigenvalue weighted by Crippen LogP contribution is 2.36. The predicted molar refractivity (Wildman–Crippen MR) is 80.8 cm³/mol. The van der Waals surface area contributed by atoms with Crippen LogP contribution < -0.4 is 4.74 Å². The summed E-state index contributed by atoms with van der Waals surface area (Å²) in [7, 11) is 0. The molecule has 2 unspecified atom stereocenters. The first-order valence-corrected chi connectivity index (χ1v) is 8.62. The maximum Gasteiger partial charge on any atom is 0.125 e. The Morgan fingerprint density at radius 3 is 2.94 bits per heavy atom. The SMILES string of the molecule is CCCOc1ccccc1C(O)C1CSCCS1. The highest BCUT2D eigenvalue weighted by Gasteiger charge is 2.26. The van der Waals surface area contributed by atoms with Crippen molar-refractivity contribution < 1.29 is 9.84 Å². The van der Waals surface area contributed by atoms with Crippen molar-refractivity contribution in [1.82, 2.24) is 0 Å². The van der Waals surface area contributed by atoms with Gasteiger partial charge >= 0.3 is 0 Å². The van der Waals surface area contributed by atoms with Crippen LogP contribution in [-0.2, 0) is 0 Å². The molecule has 1 fully saturated rings. The van der Waals surface area contributed by atoms with Gasteiger partial charge in [0.25, 0.3) is 0 Å². The van der Waals surface area contributed by atoms with Crippen LogP contribution in [0.2, 0.25) is 0 Å². The summed E-state index contributed by atoms with van der Waals surface area (Å²) < 4.78 is 5.72. The largest absolute Gasteiger partial charge is 0.493 e. The average molecular weight is 284 g/mol. The van der Waals surface area contributed by atoms with Gasteiger partial charge in [-0.25, -0.2) is 0 Å². The Morgan fingerprint density at radius 2 is 2.22 bits per heavy atom. The molecular weight excluding hydrogens is 264 g/mol. The van der Waals surface area contributed by atoms with Gasteiger partial charge in [-0.1, -0.05) is 25.1 Å². The maximum atomic E-state index is 10.5. The molecule has 0 saturated carbocycles. The monoisotopic (exact) mass is 284 g/mol. The summed E-state index contributed by atoms with van der Waals surface area (Å²) >= 11 is 3.80. The van der Waals surface area contributed by atoms with Gasteiger partial charge in [-0.2, -0.15) is 23.5 Å². The maximum absolute atomic E-state index is 10.5. The van der Waals surface area contributed by atoms with Gasteiger partial charge in [-0.15, -0.1) is 0 Å². The number of benzene rings is 1. The fourth-order valence-electron chi connectivity index (χ4n) is 1.96. The summed E-state index contributed by atoms with van der Waals surface area (Å²) in [6.45, 7) is 2.79. The predicted octanol–water partition coefficient (Wildman–Crippen LogP) is 3.36. The zero-order valence-electron chi connectivity index (χ0n) is 10.7. The van der Waals surface area contributed by atoms with Gasteiger partial charge < -0.3 is 9.84 Å². The first-order chi connectivity index (χ1) is 8.83. The average Bonchev–Trinajstić information content (AvgIpc) is 2.45. The molecule has 1 aliphatic heterocycles. The van der Waals surface area contributed by atoms with E-state index in [1.807, 2.05) is 47.8 Å². The lowest BCUT2D eigenvalue weighted by molar-refractivity contribution is 0.173.